The van der Waals surface area contributed by atoms with E-state index in [1.165, 1.54) is 23.7 Å². The van der Waals surface area contributed by atoms with Crippen LogP contribution in [0, 0.1) is 6.92 Å². The summed E-state index contributed by atoms with van der Waals surface area (Å²) in [6.45, 7) is 1.59. The van der Waals surface area contributed by atoms with E-state index in [4.69, 9.17) is 17.0 Å². The highest BCUT2D eigenvalue weighted by molar-refractivity contribution is 8.23. The molecule has 3 heterocycles. The number of nitrogens with zero attached hydrogens (tertiary/aromatic N) is 4. The van der Waals surface area contributed by atoms with Gasteiger partial charge in [-0.05, 0) is 60.4 Å². The third kappa shape index (κ3) is 7.12. The summed E-state index contributed by atoms with van der Waals surface area (Å²) in [6, 6.07) is 6.72. The lowest BCUT2D eigenvalue weighted by Gasteiger charge is -2.28. The third-order valence-corrected chi connectivity index (χ3v) is 9.58. The average Bonchev–Trinajstić information content (AvgIpc) is 3.47. The number of rotatable bonds is 6. The number of hydrogen-bond donors (Lipinski definition) is 0. The third-order valence-electron chi connectivity index (χ3n) is 8.14. The topological polar surface area (TPSA) is 75.1 Å². The molecule has 0 bridgehead atoms. The molecule has 47 heavy (non-hydrogen) atoms. The standard InChI is InChI=1S/C31H28F6N4O4S2/c1-17-27(39(3)28(44)45-15-18-10-21(30(32,33)34)13-22(11-18)31(35,36)37)23-12-20(4-5-24(23)38(17)2)19-6-8-40(9-7-19)25(42)14-41-26(43)16-47-29(41)46/h4-6,10-13H,7-9,14-16H2,1-3H3. The Morgan fingerprint density at radius 3 is 2.26 bits per heavy atom. The number of thioether (sulfide) groups is 1. The summed E-state index contributed by atoms with van der Waals surface area (Å²) in [5.41, 5.74) is 0.221. The summed E-state index contributed by atoms with van der Waals surface area (Å²) in [6.07, 6.45) is -8.59. The van der Waals surface area contributed by atoms with E-state index >= 15 is 0 Å². The molecule has 0 unspecified atom stereocenters. The molecule has 2 aliphatic rings. The Kier molecular flexibility index (Phi) is 9.38. The minimum atomic E-state index is -5.03. The summed E-state index contributed by atoms with van der Waals surface area (Å²) < 4.78 is 87.1. The van der Waals surface area contributed by atoms with E-state index in [9.17, 15) is 40.7 Å². The van der Waals surface area contributed by atoms with Crippen molar-refractivity contribution in [2.75, 3.05) is 37.3 Å². The zero-order valence-corrected chi connectivity index (χ0v) is 26.9. The van der Waals surface area contributed by atoms with Crippen LogP contribution in [0.3, 0.4) is 0 Å². The van der Waals surface area contributed by atoms with Gasteiger partial charge in [0.05, 0.1) is 28.1 Å². The normalized spacial score (nSPS) is 15.8. The van der Waals surface area contributed by atoms with Gasteiger partial charge in [0.2, 0.25) is 11.8 Å². The fourth-order valence-corrected chi connectivity index (χ4v) is 6.61. The molecule has 5 rings (SSSR count). The molecule has 0 saturated carbocycles. The van der Waals surface area contributed by atoms with E-state index < -0.39 is 41.7 Å². The molecule has 1 aromatic heterocycles. The first-order valence-corrected chi connectivity index (χ1v) is 15.6. The quantitative estimate of drug-likeness (QED) is 0.209. The van der Waals surface area contributed by atoms with Crippen molar-refractivity contribution in [2.24, 2.45) is 7.05 Å². The van der Waals surface area contributed by atoms with E-state index in [1.807, 2.05) is 28.8 Å². The van der Waals surface area contributed by atoms with Gasteiger partial charge < -0.3 is 14.2 Å². The van der Waals surface area contributed by atoms with Crippen LogP contribution in [0.2, 0.25) is 0 Å². The van der Waals surface area contributed by atoms with Crippen LogP contribution in [0.25, 0.3) is 16.5 Å². The molecular weight excluding hydrogens is 670 g/mol. The van der Waals surface area contributed by atoms with Crippen LogP contribution in [-0.2, 0) is 40.3 Å². The lowest BCUT2D eigenvalue weighted by Crippen LogP contribution is -2.43. The Morgan fingerprint density at radius 2 is 1.70 bits per heavy atom. The second-order valence-corrected chi connectivity index (χ2v) is 12.7. The molecule has 0 aliphatic carbocycles. The Morgan fingerprint density at radius 1 is 1.04 bits per heavy atom. The number of anilines is 1. The van der Waals surface area contributed by atoms with Crippen LogP contribution >= 0.6 is 24.0 Å². The molecule has 8 nitrogen and oxygen atoms in total. The molecular formula is C31H28F6N4O4S2. The first-order valence-electron chi connectivity index (χ1n) is 14.2. The number of fused-ring (bicyclic) bond motifs is 1. The molecule has 0 atom stereocenters. The van der Waals surface area contributed by atoms with Crippen molar-refractivity contribution in [3.8, 4) is 0 Å². The highest BCUT2D eigenvalue weighted by Gasteiger charge is 2.37. The number of carbonyl (C=O) groups is 3. The molecule has 1 fully saturated rings. The van der Waals surface area contributed by atoms with Crippen LogP contribution in [0.4, 0.5) is 36.8 Å². The lowest BCUT2D eigenvalue weighted by molar-refractivity contribution is -0.143. The molecule has 250 valence electrons. The first-order chi connectivity index (χ1) is 22.0. The van der Waals surface area contributed by atoms with Gasteiger partial charge in [-0.3, -0.25) is 19.4 Å². The average molecular weight is 699 g/mol. The van der Waals surface area contributed by atoms with Crippen LogP contribution in [0.15, 0.2) is 42.5 Å². The Bertz CT molecular complexity index is 1770. The number of hydrogen-bond acceptors (Lipinski definition) is 6. The van der Waals surface area contributed by atoms with Gasteiger partial charge in [-0.2, -0.15) is 26.3 Å². The number of amides is 3. The first kappa shape index (κ1) is 34.3. The van der Waals surface area contributed by atoms with Crippen LogP contribution in [0.5, 0.6) is 0 Å². The number of carbonyl (C=O) groups excluding carboxylic acids is 3. The zero-order chi connectivity index (χ0) is 34.4. The van der Waals surface area contributed by atoms with Gasteiger partial charge in [0.1, 0.15) is 17.5 Å². The molecule has 0 N–H and O–H groups in total. The molecule has 0 radical (unpaired) electrons. The van der Waals surface area contributed by atoms with E-state index in [0.29, 0.717) is 52.7 Å². The molecule has 2 aliphatic heterocycles. The van der Waals surface area contributed by atoms with Gasteiger partial charge in [0, 0.05) is 38.3 Å². The number of aryl methyl sites for hydroxylation is 1. The SMILES string of the molecule is Cc1c(N(C)C(=O)OCc2cc(C(F)(F)F)cc(C(F)(F)F)c2)c2cc(C3=CCN(C(=O)CN4C(=O)CSC4=S)CC3)ccc2n1C. The second kappa shape index (κ2) is 12.9. The van der Waals surface area contributed by atoms with Crippen molar-refractivity contribution in [1.29, 1.82) is 0 Å². The second-order valence-electron chi connectivity index (χ2n) is 11.1. The Labute approximate surface area is 274 Å². The number of thiocarbonyl (C=S) groups is 1. The predicted octanol–water partition coefficient (Wildman–Crippen LogP) is 6.77. The zero-order valence-electron chi connectivity index (χ0n) is 25.3. The van der Waals surface area contributed by atoms with Crippen molar-refractivity contribution in [2.45, 2.75) is 32.3 Å². The van der Waals surface area contributed by atoms with Crippen molar-refractivity contribution in [3.63, 3.8) is 0 Å². The Hall–Kier alpha value is -4.05. The number of benzene rings is 2. The van der Waals surface area contributed by atoms with E-state index in [2.05, 4.69) is 0 Å². The van der Waals surface area contributed by atoms with Crippen molar-refractivity contribution < 1.29 is 45.5 Å². The minimum absolute atomic E-state index is 0.0113. The summed E-state index contributed by atoms with van der Waals surface area (Å²) in [5, 5.41) is 0.665. The molecule has 16 heteroatoms. The van der Waals surface area contributed by atoms with E-state index in [0.717, 1.165) is 21.6 Å². The summed E-state index contributed by atoms with van der Waals surface area (Å²) in [7, 11) is 3.20. The molecule has 2 aromatic carbocycles. The number of aromatic nitrogens is 1. The van der Waals surface area contributed by atoms with Gasteiger partial charge in [-0.1, -0.05) is 36.1 Å². The van der Waals surface area contributed by atoms with E-state index in [-0.39, 0.29) is 30.2 Å². The number of ether oxygens (including phenoxy) is 1. The molecule has 0 spiro atoms. The van der Waals surface area contributed by atoms with Crippen LogP contribution < -0.4 is 4.90 Å². The van der Waals surface area contributed by atoms with Gasteiger partial charge >= 0.3 is 18.4 Å². The van der Waals surface area contributed by atoms with Gasteiger partial charge in [0.25, 0.3) is 0 Å². The monoisotopic (exact) mass is 698 g/mol. The maximum absolute atomic E-state index is 13.3. The summed E-state index contributed by atoms with van der Waals surface area (Å²) in [4.78, 5) is 42.1. The van der Waals surface area contributed by atoms with Crippen LogP contribution in [0.1, 0.15) is 34.4 Å². The molecule has 3 aromatic rings. The van der Waals surface area contributed by atoms with E-state index in [1.54, 1.807) is 18.9 Å². The van der Waals surface area contributed by atoms with Crippen molar-refractivity contribution in [1.82, 2.24) is 14.4 Å². The predicted molar refractivity (Wildman–Crippen MR) is 169 cm³/mol. The maximum Gasteiger partial charge on any atom is 0.416 e. The van der Waals surface area contributed by atoms with Crippen LogP contribution in [-0.4, -0.2) is 69.0 Å². The van der Waals surface area contributed by atoms with Crippen molar-refractivity contribution >= 4 is 68.4 Å². The van der Waals surface area contributed by atoms with Gasteiger partial charge in [0.15, 0.2) is 0 Å². The maximum atomic E-state index is 13.3. The number of halogens is 6. The smallest absolute Gasteiger partial charge is 0.416 e. The van der Waals surface area contributed by atoms with Gasteiger partial charge in [-0.15, -0.1) is 0 Å². The summed E-state index contributed by atoms with van der Waals surface area (Å²) >= 11 is 6.39. The van der Waals surface area contributed by atoms with Gasteiger partial charge in [-0.25, -0.2) is 4.79 Å². The lowest BCUT2D eigenvalue weighted by atomic mass is 9.98. The largest absolute Gasteiger partial charge is 0.444 e. The summed E-state index contributed by atoms with van der Waals surface area (Å²) in [5.74, 6) is -0.177. The minimum Gasteiger partial charge on any atom is -0.444 e. The fraction of sp³-hybridized carbons (Fsp3) is 0.355. The highest BCUT2D eigenvalue weighted by atomic mass is 32.2. The molecule has 1 saturated heterocycles. The fourth-order valence-electron chi connectivity index (χ4n) is 5.54. The van der Waals surface area contributed by atoms with Crippen molar-refractivity contribution in [3.05, 3.63) is 70.4 Å². The highest BCUT2D eigenvalue weighted by Crippen LogP contribution is 2.38. The number of alkyl halides is 6. The molecule has 3 amide bonds. The Balaban J connectivity index is 1.33.